The molecular weight excluding hydrogens is 384 g/mol. The van der Waals surface area contributed by atoms with E-state index in [1.54, 1.807) is 10.6 Å². The molecule has 0 radical (unpaired) electrons. The van der Waals surface area contributed by atoms with E-state index in [0.29, 0.717) is 5.69 Å². The zero-order valence-electron chi connectivity index (χ0n) is 17.2. The van der Waals surface area contributed by atoms with Gasteiger partial charge in [0, 0.05) is 51.7 Å². The lowest BCUT2D eigenvalue weighted by atomic mass is 10.0. The zero-order chi connectivity index (χ0) is 21.1. The first kappa shape index (κ1) is 20.9. The van der Waals surface area contributed by atoms with Crippen molar-refractivity contribution in [2.75, 3.05) is 44.2 Å². The third-order valence-electron chi connectivity index (χ3n) is 6.14. The van der Waals surface area contributed by atoms with Gasteiger partial charge in [-0.2, -0.15) is 0 Å². The lowest BCUT2D eigenvalue weighted by Gasteiger charge is -2.41. The van der Waals surface area contributed by atoms with Gasteiger partial charge < -0.3 is 29.7 Å². The molecule has 0 spiro atoms. The third-order valence-corrected chi connectivity index (χ3v) is 6.14. The maximum Gasteiger partial charge on any atom is 0.267 e. The Kier molecular flexibility index (Phi) is 6.38. The Morgan fingerprint density at radius 1 is 1.10 bits per heavy atom. The minimum absolute atomic E-state index is 0.180. The van der Waals surface area contributed by atoms with Crippen molar-refractivity contribution in [3.05, 3.63) is 54.4 Å². The third kappa shape index (κ3) is 4.22. The molecule has 2 aromatic rings. The first-order valence-electron chi connectivity index (χ1n) is 10.5. The van der Waals surface area contributed by atoms with Gasteiger partial charge in [0.2, 0.25) is 0 Å². The van der Waals surface area contributed by atoms with Gasteiger partial charge in [-0.15, -0.1) is 0 Å². The largest absolute Gasteiger partial charge is 0.394 e. The molecule has 4 atom stereocenters. The molecule has 3 N–H and O–H groups in total. The Labute approximate surface area is 176 Å². The molecular formula is C22H30N4O4. The second-order valence-corrected chi connectivity index (χ2v) is 7.95. The van der Waals surface area contributed by atoms with Gasteiger partial charge in [-0.05, 0) is 24.3 Å². The Morgan fingerprint density at radius 3 is 2.47 bits per heavy atom. The minimum Gasteiger partial charge on any atom is -0.394 e. The molecule has 162 valence electrons. The second kappa shape index (κ2) is 9.18. The molecule has 8 heteroatoms. The Balaban J connectivity index is 1.39. The number of aliphatic hydroxyl groups excluding tert-OH is 2. The van der Waals surface area contributed by atoms with Crippen molar-refractivity contribution in [1.29, 1.82) is 0 Å². The molecule has 2 aliphatic heterocycles. The molecule has 1 amide bonds. The lowest BCUT2D eigenvalue weighted by molar-refractivity contribution is -0.0209. The zero-order valence-corrected chi connectivity index (χ0v) is 17.2. The van der Waals surface area contributed by atoms with Crippen molar-refractivity contribution in [3.8, 4) is 0 Å². The SMILES string of the molecule is Cn1cccc1C(=O)NC[C@H]1O[C@@H](CO)[C@@H](O)C1N1CCN(c2ccccc2)CC1. The molecule has 8 nitrogen and oxygen atoms in total. The Hall–Kier alpha value is -2.39. The number of anilines is 1. The molecule has 2 fully saturated rings. The summed E-state index contributed by atoms with van der Waals surface area (Å²) in [5.74, 6) is -0.180. The van der Waals surface area contributed by atoms with Crippen LogP contribution in [0.3, 0.4) is 0 Å². The topological polar surface area (TPSA) is 90.2 Å². The summed E-state index contributed by atoms with van der Waals surface area (Å²) >= 11 is 0. The van der Waals surface area contributed by atoms with Crippen molar-refractivity contribution in [1.82, 2.24) is 14.8 Å². The van der Waals surface area contributed by atoms with Gasteiger partial charge in [-0.3, -0.25) is 9.69 Å². The van der Waals surface area contributed by atoms with Gasteiger partial charge in [0.05, 0.1) is 18.8 Å². The maximum atomic E-state index is 12.5. The molecule has 30 heavy (non-hydrogen) atoms. The second-order valence-electron chi connectivity index (χ2n) is 7.95. The summed E-state index contributed by atoms with van der Waals surface area (Å²) in [5, 5.41) is 23.3. The van der Waals surface area contributed by atoms with E-state index >= 15 is 0 Å². The van der Waals surface area contributed by atoms with Crippen LogP contribution in [0.2, 0.25) is 0 Å². The number of para-hydroxylation sites is 1. The standard InChI is InChI=1S/C22H30N4O4/c1-24-9-5-8-17(24)22(29)23-14-18-20(21(28)19(15-27)30-18)26-12-10-25(11-13-26)16-6-3-2-4-7-16/h2-9,18-21,27-28H,10-15H2,1H3,(H,23,29)/t18-,19+,20?,21-/m1/s1. The molecule has 2 aliphatic rings. The van der Waals surface area contributed by atoms with E-state index < -0.39 is 12.2 Å². The molecule has 0 saturated carbocycles. The van der Waals surface area contributed by atoms with E-state index in [-0.39, 0.29) is 31.2 Å². The Morgan fingerprint density at radius 2 is 1.83 bits per heavy atom. The normalized spacial score (nSPS) is 27.4. The molecule has 2 saturated heterocycles. The van der Waals surface area contributed by atoms with Crippen LogP contribution in [-0.2, 0) is 11.8 Å². The number of hydrogen-bond donors (Lipinski definition) is 3. The van der Waals surface area contributed by atoms with E-state index in [1.165, 1.54) is 5.69 Å². The summed E-state index contributed by atoms with van der Waals surface area (Å²) in [4.78, 5) is 17.0. The van der Waals surface area contributed by atoms with E-state index in [9.17, 15) is 15.0 Å². The number of benzene rings is 1. The maximum absolute atomic E-state index is 12.5. The fourth-order valence-electron chi connectivity index (χ4n) is 4.49. The molecule has 0 aliphatic carbocycles. The number of carbonyl (C=O) groups excluding carboxylic acids is 1. The lowest BCUT2D eigenvalue weighted by Crippen LogP contribution is -2.57. The fourth-order valence-corrected chi connectivity index (χ4v) is 4.49. The summed E-state index contributed by atoms with van der Waals surface area (Å²) in [6.07, 6.45) is 0.000566. The summed E-state index contributed by atoms with van der Waals surface area (Å²) in [5.41, 5.74) is 1.76. The van der Waals surface area contributed by atoms with Crippen LogP contribution < -0.4 is 10.2 Å². The highest BCUT2D eigenvalue weighted by Crippen LogP contribution is 2.27. The van der Waals surface area contributed by atoms with Crippen LogP contribution in [0, 0.1) is 0 Å². The van der Waals surface area contributed by atoms with Gasteiger partial charge in [0.25, 0.3) is 5.91 Å². The highest BCUT2D eigenvalue weighted by Gasteiger charge is 2.46. The van der Waals surface area contributed by atoms with Crippen LogP contribution in [0.5, 0.6) is 0 Å². The number of aliphatic hydroxyl groups is 2. The highest BCUT2D eigenvalue weighted by atomic mass is 16.5. The van der Waals surface area contributed by atoms with E-state index in [1.807, 2.05) is 37.5 Å². The average Bonchev–Trinajstić information content (AvgIpc) is 3.35. The molecule has 3 heterocycles. The van der Waals surface area contributed by atoms with Crippen LogP contribution in [0.1, 0.15) is 10.5 Å². The number of carbonyl (C=O) groups is 1. The van der Waals surface area contributed by atoms with Gasteiger partial charge in [0.15, 0.2) is 0 Å². The summed E-state index contributed by atoms with van der Waals surface area (Å²) in [6, 6.07) is 13.6. The number of aromatic nitrogens is 1. The molecule has 0 bridgehead atoms. The molecule has 1 aromatic carbocycles. The number of rotatable bonds is 6. The van der Waals surface area contributed by atoms with Crippen molar-refractivity contribution in [2.24, 2.45) is 7.05 Å². The predicted octanol–water partition coefficient (Wildman–Crippen LogP) is 0.0663. The quantitative estimate of drug-likeness (QED) is 0.620. The van der Waals surface area contributed by atoms with Crippen molar-refractivity contribution in [3.63, 3.8) is 0 Å². The number of nitrogens with one attached hydrogen (secondary N) is 1. The number of ether oxygens (including phenoxy) is 1. The van der Waals surface area contributed by atoms with E-state index in [0.717, 1.165) is 26.2 Å². The summed E-state index contributed by atoms with van der Waals surface area (Å²) in [7, 11) is 1.82. The average molecular weight is 415 g/mol. The van der Waals surface area contributed by atoms with Crippen molar-refractivity contribution >= 4 is 11.6 Å². The number of aryl methyl sites for hydroxylation is 1. The highest BCUT2D eigenvalue weighted by molar-refractivity contribution is 5.92. The smallest absolute Gasteiger partial charge is 0.267 e. The van der Waals surface area contributed by atoms with Crippen LogP contribution in [-0.4, -0.2) is 89.3 Å². The van der Waals surface area contributed by atoms with Gasteiger partial charge >= 0.3 is 0 Å². The number of hydrogen-bond acceptors (Lipinski definition) is 6. The Bertz CT molecular complexity index is 835. The first-order valence-corrected chi connectivity index (χ1v) is 10.5. The monoisotopic (exact) mass is 414 g/mol. The van der Waals surface area contributed by atoms with Crippen molar-refractivity contribution in [2.45, 2.75) is 24.4 Å². The summed E-state index contributed by atoms with van der Waals surface area (Å²) < 4.78 is 7.68. The van der Waals surface area contributed by atoms with Gasteiger partial charge in [0.1, 0.15) is 17.9 Å². The predicted molar refractivity (Wildman–Crippen MR) is 114 cm³/mol. The van der Waals surface area contributed by atoms with Gasteiger partial charge in [-0.1, -0.05) is 18.2 Å². The van der Waals surface area contributed by atoms with Crippen LogP contribution >= 0.6 is 0 Å². The number of amides is 1. The minimum atomic E-state index is -0.796. The van der Waals surface area contributed by atoms with E-state index in [4.69, 9.17) is 4.74 Å². The molecule has 1 unspecified atom stereocenters. The first-order chi connectivity index (χ1) is 14.6. The van der Waals surface area contributed by atoms with Crippen LogP contribution in [0.4, 0.5) is 5.69 Å². The molecule has 1 aromatic heterocycles. The molecule has 4 rings (SSSR count). The number of piperazine rings is 1. The van der Waals surface area contributed by atoms with Gasteiger partial charge in [-0.25, -0.2) is 0 Å². The van der Waals surface area contributed by atoms with Crippen LogP contribution in [0.15, 0.2) is 48.7 Å². The number of nitrogens with zero attached hydrogens (tertiary/aromatic N) is 3. The van der Waals surface area contributed by atoms with E-state index in [2.05, 4.69) is 27.2 Å². The van der Waals surface area contributed by atoms with Crippen LogP contribution in [0.25, 0.3) is 0 Å². The van der Waals surface area contributed by atoms with Crippen molar-refractivity contribution < 1.29 is 19.7 Å². The fraction of sp³-hybridized carbons (Fsp3) is 0.500. The summed E-state index contributed by atoms with van der Waals surface area (Å²) in [6.45, 7) is 3.28.